The maximum absolute atomic E-state index is 3.49. The molecule has 19 heavy (non-hydrogen) atoms. The fourth-order valence-electron chi connectivity index (χ4n) is 2.86. The Morgan fingerprint density at radius 1 is 1.05 bits per heavy atom. The molecule has 2 nitrogen and oxygen atoms in total. The lowest BCUT2D eigenvalue weighted by Crippen LogP contribution is -2.28. The van der Waals surface area contributed by atoms with Gasteiger partial charge in [-0.25, -0.2) is 0 Å². The maximum atomic E-state index is 3.49. The standard InChI is InChI=1S/C17H20N2/c1-19(15-7-3-2-4-8-15)13-14-11-12-18-17-10-6-5-9-16(14)17/h2-10,14,18H,11-13H2,1H3. The van der Waals surface area contributed by atoms with E-state index in [2.05, 4.69) is 71.9 Å². The zero-order valence-electron chi connectivity index (χ0n) is 11.3. The minimum absolute atomic E-state index is 0.614. The number of nitrogens with zero attached hydrogens (tertiary/aromatic N) is 1. The SMILES string of the molecule is CN(CC1CCNc2ccccc21)c1ccccc1. The van der Waals surface area contributed by atoms with Gasteiger partial charge >= 0.3 is 0 Å². The van der Waals surface area contributed by atoms with Gasteiger partial charge in [-0.05, 0) is 30.2 Å². The summed E-state index contributed by atoms with van der Waals surface area (Å²) in [5, 5.41) is 3.49. The average molecular weight is 252 g/mol. The van der Waals surface area contributed by atoms with Crippen LogP contribution in [0.3, 0.4) is 0 Å². The molecule has 1 aliphatic rings. The Labute approximate surface area is 115 Å². The Morgan fingerprint density at radius 2 is 1.79 bits per heavy atom. The number of hydrogen-bond acceptors (Lipinski definition) is 2. The molecule has 1 aliphatic heterocycles. The number of rotatable bonds is 3. The van der Waals surface area contributed by atoms with Crippen molar-refractivity contribution in [2.75, 3.05) is 30.4 Å². The molecular weight excluding hydrogens is 232 g/mol. The molecule has 2 aromatic carbocycles. The van der Waals surface area contributed by atoms with Crippen molar-refractivity contribution in [1.82, 2.24) is 0 Å². The van der Waals surface area contributed by atoms with Crippen molar-refractivity contribution >= 4 is 11.4 Å². The fourth-order valence-corrected chi connectivity index (χ4v) is 2.86. The summed E-state index contributed by atoms with van der Waals surface area (Å²) in [6.07, 6.45) is 1.20. The fraction of sp³-hybridized carbons (Fsp3) is 0.294. The maximum Gasteiger partial charge on any atom is 0.0376 e. The topological polar surface area (TPSA) is 15.3 Å². The number of para-hydroxylation sites is 2. The van der Waals surface area contributed by atoms with Crippen LogP contribution in [0, 0.1) is 0 Å². The molecule has 2 aromatic rings. The smallest absolute Gasteiger partial charge is 0.0376 e. The van der Waals surface area contributed by atoms with Gasteiger partial charge in [0.05, 0.1) is 0 Å². The van der Waals surface area contributed by atoms with Gasteiger partial charge in [-0.2, -0.15) is 0 Å². The van der Waals surface area contributed by atoms with Crippen LogP contribution in [-0.4, -0.2) is 20.1 Å². The van der Waals surface area contributed by atoms with Gasteiger partial charge < -0.3 is 10.2 Å². The number of benzene rings is 2. The van der Waals surface area contributed by atoms with Crippen molar-refractivity contribution in [3.05, 3.63) is 60.2 Å². The van der Waals surface area contributed by atoms with E-state index in [1.807, 2.05) is 0 Å². The second-order valence-corrected chi connectivity index (χ2v) is 5.22. The van der Waals surface area contributed by atoms with Crippen molar-refractivity contribution in [2.45, 2.75) is 12.3 Å². The minimum Gasteiger partial charge on any atom is -0.385 e. The van der Waals surface area contributed by atoms with Gasteiger partial charge in [-0.1, -0.05) is 36.4 Å². The van der Waals surface area contributed by atoms with Crippen LogP contribution in [0.25, 0.3) is 0 Å². The number of likely N-dealkylation sites (N-methyl/N-ethyl adjacent to an activating group) is 1. The number of nitrogens with one attached hydrogen (secondary N) is 1. The van der Waals surface area contributed by atoms with Crippen LogP contribution in [0.4, 0.5) is 11.4 Å². The summed E-state index contributed by atoms with van der Waals surface area (Å²) in [5.41, 5.74) is 4.05. The molecule has 0 aromatic heterocycles. The Balaban J connectivity index is 1.78. The lowest BCUT2D eigenvalue weighted by Gasteiger charge is -2.31. The monoisotopic (exact) mass is 252 g/mol. The third-order valence-electron chi connectivity index (χ3n) is 3.90. The highest BCUT2D eigenvalue weighted by molar-refractivity contribution is 5.55. The zero-order chi connectivity index (χ0) is 13.1. The number of anilines is 2. The van der Waals surface area contributed by atoms with E-state index in [0.29, 0.717) is 5.92 Å². The van der Waals surface area contributed by atoms with Crippen molar-refractivity contribution < 1.29 is 0 Å². The van der Waals surface area contributed by atoms with Gasteiger partial charge in [-0.15, -0.1) is 0 Å². The molecule has 0 amide bonds. The molecule has 1 unspecified atom stereocenters. The third-order valence-corrected chi connectivity index (χ3v) is 3.90. The molecule has 0 fully saturated rings. The van der Waals surface area contributed by atoms with Crippen molar-refractivity contribution in [1.29, 1.82) is 0 Å². The minimum atomic E-state index is 0.614. The molecule has 3 rings (SSSR count). The van der Waals surface area contributed by atoms with Crippen LogP contribution < -0.4 is 10.2 Å². The van der Waals surface area contributed by atoms with Crippen LogP contribution in [0.1, 0.15) is 17.9 Å². The van der Waals surface area contributed by atoms with Crippen LogP contribution in [-0.2, 0) is 0 Å². The summed E-state index contributed by atoms with van der Waals surface area (Å²) in [7, 11) is 2.18. The molecule has 98 valence electrons. The van der Waals surface area contributed by atoms with Gasteiger partial charge in [0.15, 0.2) is 0 Å². The van der Waals surface area contributed by atoms with E-state index >= 15 is 0 Å². The zero-order valence-corrected chi connectivity index (χ0v) is 11.3. The second kappa shape index (κ2) is 5.35. The van der Waals surface area contributed by atoms with Crippen molar-refractivity contribution in [3.63, 3.8) is 0 Å². The molecule has 1 heterocycles. The molecule has 0 radical (unpaired) electrons. The first-order chi connectivity index (χ1) is 9.34. The summed E-state index contributed by atoms with van der Waals surface area (Å²) in [4.78, 5) is 2.35. The predicted molar refractivity (Wildman–Crippen MR) is 82.0 cm³/mol. The van der Waals surface area contributed by atoms with Gasteiger partial charge in [0, 0.05) is 37.4 Å². The van der Waals surface area contributed by atoms with Crippen LogP contribution in [0.15, 0.2) is 54.6 Å². The lowest BCUT2D eigenvalue weighted by atomic mass is 9.90. The molecule has 1 atom stereocenters. The van der Waals surface area contributed by atoms with Gasteiger partial charge in [0.1, 0.15) is 0 Å². The summed E-state index contributed by atoms with van der Waals surface area (Å²) in [5.74, 6) is 0.614. The van der Waals surface area contributed by atoms with Crippen molar-refractivity contribution in [2.24, 2.45) is 0 Å². The highest BCUT2D eigenvalue weighted by Gasteiger charge is 2.20. The largest absolute Gasteiger partial charge is 0.385 e. The summed E-state index contributed by atoms with van der Waals surface area (Å²) in [6.45, 7) is 2.15. The third kappa shape index (κ3) is 2.58. The quantitative estimate of drug-likeness (QED) is 0.895. The van der Waals surface area contributed by atoms with E-state index in [4.69, 9.17) is 0 Å². The van der Waals surface area contributed by atoms with E-state index in [1.54, 1.807) is 0 Å². The first kappa shape index (κ1) is 12.1. The lowest BCUT2D eigenvalue weighted by molar-refractivity contribution is 0.619. The van der Waals surface area contributed by atoms with E-state index in [-0.39, 0.29) is 0 Å². The van der Waals surface area contributed by atoms with Crippen molar-refractivity contribution in [3.8, 4) is 0 Å². The predicted octanol–water partition coefficient (Wildman–Crippen LogP) is 3.72. The summed E-state index contributed by atoms with van der Waals surface area (Å²) >= 11 is 0. The first-order valence-corrected chi connectivity index (χ1v) is 6.93. The van der Waals surface area contributed by atoms with Gasteiger partial charge in [0.25, 0.3) is 0 Å². The Kier molecular flexibility index (Phi) is 3.41. The summed E-state index contributed by atoms with van der Waals surface area (Å²) < 4.78 is 0. The molecule has 2 heteroatoms. The van der Waals surface area contributed by atoms with E-state index in [1.165, 1.54) is 23.4 Å². The molecule has 0 saturated heterocycles. The molecule has 0 aliphatic carbocycles. The highest BCUT2D eigenvalue weighted by atomic mass is 15.1. The number of hydrogen-bond donors (Lipinski definition) is 1. The van der Waals surface area contributed by atoms with E-state index in [9.17, 15) is 0 Å². The summed E-state index contributed by atoms with van der Waals surface area (Å²) in [6, 6.07) is 19.3. The Bertz CT molecular complexity index is 536. The average Bonchev–Trinajstić information content (AvgIpc) is 2.48. The van der Waals surface area contributed by atoms with Crippen LogP contribution in [0.5, 0.6) is 0 Å². The normalized spacial score (nSPS) is 17.4. The molecule has 0 spiro atoms. The second-order valence-electron chi connectivity index (χ2n) is 5.22. The molecule has 0 saturated carbocycles. The van der Waals surface area contributed by atoms with E-state index in [0.717, 1.165) is 13.1 Å². The van der Waals surface area contributed by atoms with Crippen LogP contribution in [0.2, 0.25) is 0 Å². The first-order valence-electron chi connectivity index (χ1n) is 6.93. The van der Waals surface area contributed by atoms with E-state index < -0.39 is 0 Å². The highest BCUT2D eigenvalue weighted by Crippen LogP contribution is 2.32. The van der Waals surface area contributed by atoms with Gasteiger partial charge in [0.2, 0.25) is 0 Å². The molecular formula is C17H20N2. The Hall–Kier alpha value is -1.96. The molecule has 0 bridgehead atoms. The van der Waals surface area contributed by atoms with Crippen LogP contribution >= 0.6 is 0 Å². The Morgan fingerprint density at radius 3 is 2.63 bits per heavy atom. The number of fused-ring (bicyclic) bond motifs is 1. The van der Waals surface area contributed by atoms with Gasteiger partial charge in [-0.3, -0.25) is 0 Å². The molecule has 1 N–H and O–H groups in total.